The van der Waals surface area contributed by atoms with Crippen LogP contribution in [0.3, 0.4) is 0 Å². The van der Waals surface area contributed by atoms with Gasteiger partial charge in [0.25, 0.3) is 5.91 Å². The lowest BCUT2D eigenvalue weighted by molar-refractivity contribution is 0.0517. The first-order chi connectivity index (χ1) is 15.8. The SMILES string of the molecule is C[C@@H]1CN(c2cc(=O)c3cc(C(=O)N(C)C)cc(CCNc4ccc(F)cc4)c3o2)CCO1. The Morgan fingerprint density at radius 1 is 1.21 bits per heavy atom. The van der Waals surface area contributed by atoms with E-state index in [1.54, 1.807) is 38.4 Å². The molecule has 174 valence electrons. The summed E-state index contributed by atoms with van der Waals surface area (Å²) in [6.45, 7) is 4.33. The van der Waals surface area contributed by atoms with Crippen molar-refractivity contribution in [2.24, 2.45) is 0 Å². The Hall–Kier alpha value is -3.39. The highest BCUT2D eigenvalue weighted by molar-refractivity contribution is 5.98. The lowest BCUT2D eigenvalue weighted by Gasteiger charge is -2.31. The molecule has 1 fully saturated rings. The number of morpholine rings is 1. The quantitative estimate of drug-likeness (QED) is 0.616. The summed E-state index contributed by atoms with van der Waals surface area (Å²) >= 11 is 0. The van der Waals surface area contributed by atoms with Gasteiger partial charge in [-0.3, -0.25) is 9.59 Å². The summed E-state index contributed by atoms with van der Waals surface area (Å²) in [6, 6.07) is 11.0. The van der Waals surface area contributed by atoms with Crippen molar-refractivity contribution in [2.75, 3.05) is 50.6 Å². The second kappa shape index (κ2) is 9.62. The highest BCUT2D eigenvalue weighted by Crippen LogP contribution is 2.26. The molecule has 2 aromatic carbocycles. The fourth-order valence-electron chi connectivity index (χ4n) is 3.97. The van der Waals surface area contributed by atoms with E-state index in [9.17, 15) is 14.0 Å². The summed E-state index contributed by atoms with van der Waals surface area (Å²) in [4.78, 5) is 29.2. The largest absolute Gasteiger partial charge is 0.440 e. The zero-order valence-corrected chi connectivity index (χ0v) is 19.1. The summed E-state index contributed by atoms with van der Waals surface area (Å²) in [7, 11) is 3.35. The molecule has 0 spiro atoms. The molecule has 0 aliphatic carbocycles. The maximum absolute atomic E-state index is 13.2. The molecule has 0 bridgehead atoms. The van der Waals surface area contributed by atoms with Gasteiger partial charge in [0.2, 0.25) is 0 Å². The summed E-state index contributed by atoms with van der Waals surface area (Å²) < 4.78 is 25.0. The summed E-state index contributed by atoms with van der Waals surface area (Å²) in [6.07, 6.45) is 0.549. The minimum absolute atomic E-state index is 0.0409. The number of carbonyl (C=O) groups is 1. The number of nitrogens with zero attached hydrogens (tertiary/aromatic N) is 2. The first-order valence-electron chi connectivity index (χ1n) is 11.0. The number of fused-ring (bicyclic) bond motifs is 1. The van der Waals surface area contributed by atoms with E-state index in [1.807, 2.05) is 11.8 Å². The molecule has 7 nitrogen and oxygen atoms in total. The number of nitrogens with one attached hydrogen (secondary N) is 1. The van der Waals surface area contributed by atoms with Crippen LogP contribution in [0.1, 0.15) is 22.8 Å². The third kappa shape index (κ3) is 5.17. The fourth-order valence-corrected chi connectivity index (χ4v) is 3.97. The van der Waals surface area contributed by atoms with Gasteiger partial charge in [-0.05, 0) is 55.3 Å². The zero-order chi connectivity index (χ0) is 23.5. The van der Waals surface area contributed by atoms with Crippen molar-refractivity contribution in [3.63, 3.8) is 0 Å². The predicted octanol–water partition coefficient (Wildman–Crippen LogP) is 3.51. The van der Waals surface area contributed by atoms with Crippen molar-refractivity contribution in [1.29, 1.82) is 0 Å². The summed E-state index contributed by atoms with van der Waals surface area (Å²) in [5.41, 5.74) is 2.27. The van der Waals surface area contributed by atoms with Crippen molar-refractivity contribution in [1.82, 2.24) is 4.90 Å². The summed E-state index contributed by atoms with van der Waals surface area (Å²) in [5, 5.41) is 3.63. The van der Waals surface area contributed by atoms with Crippen molar-refractivity contribution in [3.8, 4) is 0 Å². The minimum atomic E-state index is -0.298. The Balaban J connectivity index is 1.70. The van der Waals surface area contributed by atoms with Crippen LogP contribution < -0.4 is 15.6 Å². The van der Waals surface area contributed by atoms with Gasteiger partial charge in [-0.15, -0.1) is 0 Å². The third-order valence-electron chi connectivity index (χ3n) is 5.67. The van der Waals surface area contributed by atoms with Gasteiger partial charge in [0.05, 0.1) is 18.1 Å². The smallest absolute Gasteiger partial charge is 0.253 e. The average Bonchev–Trinajstić information content (AvgIpc) is 2.80. The number of anilines is 2. The van der Waals surface area contributed by atoms with E-state index in [4.69, 9.17) is 9.15 Å². The molecular weight excluding hydrogens is 425 g/mol. The van der Waals surface area contributed by atoms with Crippen LogP contribution >= 0.6 is 0 Å². The van der Waals surface area contributed by atoms with E-state index < -0.39 is 0 Å². The van der Waals surface area contributed by atoms with Gasteiger partial charge >= 0.3 is 0 Å². The van der Waals surface area contributed by atoms with Crippen LogP contribution in [0, 0.1) is 5.82 Å². The van der Waals surface area contributed by atoms with Crippen LogP contribution in [-0.4, -0.2) is 57.2 Å². The molecule has 8 heteroatoms. The number of hydrogen-bond acceptors (Lipinski definition) is 6. The monoisotopic (exact) mass is 453 g/mol. The molecule has 1 saturated heterocycles. The molecule has 1 aliphatic heterocycles. The van der Waals surface area contributed by atoms with Gasteiger partial charge in [-0.1, -0.05) is 0 Å². The molecule has 0 radical (unpaired) electrons. The maximum Gasteiger partial charge on any atom is 0.253 e. The molecule has 0 saturated carbocycles. The molecule has 0 unspecified atom stereocenters. The number of benzene rings is 2. The Labute approximate surface area is 191 Å². The second-order valence-electron chi connectivity index (χ2n) is 8.47. The van der Waals surface area contributed by atoms with E-state index >= 15 is 0 Å². The standard InChI is InChI=1S/C25H28FN3O4/c1-16-15-29(10-11-32-16)23-14-22(30)21-13-18(25(31)28(2)3)12-17(24(21)33-23)8-9-27-20-6-4-19(26)5-7-20/h4-7,12-14,16,27H,8-11,15H2,1-3H3/t16-/m1/s1. The van der Waals surface area contributed by atoms with Crippen molar-refractivity contribution in [2.45, 2.75) is 19.4 Å². The number of rotatable bonds is 6. The highest BCUT2D eigenvalue weighted by atomic mass is 19.1. The maximum atomic E-state index is 13.2. The van der Waals surface area contributed by atoms with E-state index in [-0.39, 0.29) is 23.3 Å². The fraction of sp³-hybridized carbons (Fsp3) is 0.360. The number of carbonyl (C=O) groups excluding carboxylic acids is 1. The van der Waals surface area contributed by atoms with E-state index in [2.05, 4.69) is 5.32 Å². The Bertz CT molecular complexity index is 1210. The highest BCUT2D eigenvalue weighted by Gasteiger charge is 2.22. The van der Waals surface area contributed by atoms with Crippen LogP contribution in [0.5, 0.6) is 0 Å². The molecular formula is C25H28FN3O4. The Morgan fingerprint density at radius 3 is 2.67 bits per heavy atom. The van der Waals surface area contributed by atoms with E-state index in [0.717, 1.165) is 11.3 Å². The summed E-state index contributed by atoms with van der Waals surface area (Å²) in [5.74, 6) is 0.0189. The number of amides is 1. The van der Waals surface area contributed by atoms with Gasteiger partial charge in [-0.2, -0.15) is 0 Å². The van der Waals surface area contributed by atoms with Gasteiger partial charge in [-0.25, -0.2) is 4.39 Å². The van der Waals surface area contributed by atoms with Crippen LogP contribution in [0.15, 0.2) is 51.7 Å². The van der Waals surface area contributed by atoms with E-state index in [0.29, 0.717) is 55.1 Å². The van der Waals surface area contributed by atoms with Crippen molar-refractivity contribution in [3.05, 3.63) is 69.6 Å². The zero-order valence-electron chi connectivity index (χ0n) is 19.1. The topological polar surface area (TPSA) is 75.0 Å². The van der Waals surface area contributed by atoms with Crippen molar-refractivity contribution < 1.29 is 18.3 Å². The molecule has 1 amide bonds. The van der Waals surface area contributed by atoms with Crippen LogP contribution in [0.25, 0.3) is 11.0 Å². The van der Waals surface area contributed by atoms with Crippen LogP contribution in [0.2, 0.25) is 0 Å². The van der Waals surface area contributed by atoms with Gasteiger partial charge in [0.15, 0.2) is 11.3 Å². The first-order valence-corrected chi connectivity index (χ1v) is 11.0. The minimum Gasteiger partial charge on any atom is -0.440 e. The average molecular weight is 454 g/mol. The molecule has 33 heavy (non-hydrogen) atoms. The molecule has 2 heterocycles. The Kier molecular flexibility index (Phi) is 6.65. The molecule has 4 rings (SSSR count). The normalized spacial score (nSPS) is 16.1. The number of hydrogen-bond donors (Lipinski definition) is 1. The first kappa shape index (κ1) is 22.8. The molecule has 1 N–H and O–H groups in total. The second-order valence-corrected chi connectivity index (χ2v) is 8.47. The molecule has 3 aromatic rings. The lowest BCUT2D eigenvalue weighted by Crippen LogP contribution is -2.41. The van der Waals surface area contributed by atoms with Gasteiger partial charge in [0.1, 0.15) is 11.4 Å². The molecule has 1 atom stereocenters. The van der Waals surface area contributed by atoms with Crippen LogP contribution in [-0.2, 0) is 11.2 Å². The number of halogens is 1. The van der Waals surface area contributed by atoms with Crippen molar-refractivity contribution >= 4 is 28.4 Å². The van der Waals surface area contributed by atoms with E-state index in [1.165, 1.54) is 23.1 Å². The number of ether oxygens (including phenoxy) is 1. The third-order valence-corrected chi connectivity index (χ3v) is 5.67. The molecule has 1 aliphatic rings. The lowest BCUT2D eigenvalue weighted by atomic mass is 10.0. The van der Waals surface area contributed by atoms with Gasteiger partial charge < -0.3 is 24.3 Å². The predicted molar refractivity (Wildman–Crippen MR) is 127 cm³/mol. The Morgan fingerprint density at radius 2 is 1.97 bits per heavy atom. The molecule has 1 aromatic heterocycles. The van der Waals surface area contributed by atoms with Crippen LogP contribution in [0.4, 0.5) is 16.0 Å². The van der Waals surface area contributed by atoms with Gasteiger partial charge in [0, 0.05) is 51.0 Å².